The number of hydrogen-bond donors (Lipinski definition) is 3. The van der Waals surface area contributed by atoms with Crippen molar-refractivity contribution in [1.29, 1.82) is 0 Å². The van der Waals surface area contributed by atoms with E-state index in [2.05, 4.69) is 20.9 Å². The van der Waals surface area contributed by atoms with Gasteiger partial charge in [0.1, 0.15) is 0 Å². The SMILES string of the molecule is CC(C)n1nc(C(=O)NNC(=O)CCn2c(=O)[nH]c(=O)c3ccccc32)c2ccccc2c1=O. The van der Waals surface area contributed by atoms with E-state index in [-0.39, 0.29) is 30.3 Å². The molecule has 4 aromatic rings. The molecule has 0 aliphatic rings. The molecule has 0 saturated carbocycles. The van der Waals surface area contributed by atoms with Gasteiger partial charge in [0.05, 0.1) is 22.3 Å². The maximum absolute atomic E-state index is 12.8. The minimum absolute atomic E-state index is 0.00736. The minimum Gasteiger partial charge on any atom is -0.293 e. The number of para-hydroxylation sites is 1. The number of H-pyrrole nitrogens is 1. The molecule has 174 valence electrons. The number of aromatic nitrogens is 4. The van der Waals surface area contributed by atoms with Gasteiger partial charge in [-0.05, 0) is 32.0 Å². The molecule has 0 aliphatic carbocycles. The van der Waals surface area contributed by atoms with Crippen LogP contribution in [0.5, 0.6) is 0 Å². The maximum atomic E-state index is 12.8. The summed E-state index contributed by atoms with van der Waals surface area (Å²) in [5, 5.41) is 5.22. The van der Waals surface area contributed by atoms with Gasteiger partial charge >= 0.3 is 5.69 Å². The van der Waals surface area contributed by atoms with Gasteiger partial charge in [-0.3, -0.25) is 39.6 Å². The monoisotopic (exact) mass is 462 g/mol. The van der Waals surface area contributed by atoms with Crippen molar-refractivity contribution in [3.8, 4) is 0 Å². The molecule has 0 radical (unpaired) electrons. The van der Waals surface area contributed by atoms with Crippen molar-refractivity contribution >= 4 is 33.5 Å². The van der Waals surface area contributed by atoms with E-state index in [1.807, 2.05) is 0 Å². The number of hydrogen-bond acceptors (Lipinski definition) is 6. The van der Waals surface area contributed by atoms with Crippen molar-refractivity contribution < 1.29 is 9.59 Å². The van der Waals surface area contributed by atoms with Gasteiger partial charge in [0.25, 0.3) is 17.0 Å². The lowest BCUT2D eigenvalue weighted by molar-refractivity contribution is -0.122. The molecule has 2 heterocycles. The van der Waals surface area contributed by atoms with Crippen molar-refractivity contribution in [1.82, 2.24) is 30.2 Å². The van der Waals surface area contributed by atoms with Gasteiger partial charge in [0.15, 0.2) is 5.69 Å². The number of carbonyl (C=O) groups is 2. The zero-order valence-corrected chi connectivity index (χ0v) is 18.5. The number of fused-ring (bicyclic) bond motifs is 2. The number of aromatic amines is 1. The first kappa shape index (κ1) is 22.6. The third kappa shape index (κ3) is 4.22. The average Bonchev–Trinajstić information content (AvgIpc) is 2.82. The van der Waals surface area contributed by atoms with Crippen molar-refractivity contribution in [2.24, 2.45) is 0 Å². The molecule has 2 aromatic carbocycles. The minimum atomic E-state index is -0.689. The quantitative estimate of drug-likeness (QED) is 0.374. The summed E-state index contributed by atoms with van der Waals surface area (Å²) in [6, 6.07) is 12.9. The van der Waals surface area contributed by atoms with Crippen molar-refractivity contribution in [3.63, 3.8) is 0 Å². The first-order chi connectivity index (χ1) is 16.3. The molecule has 0 atom stereocenters. The number of hydrazine groups is 1. The number of carbonyl (C=O) groups excluding carboxylic acids is 2. The second-order valence-corrected chi connectivity index (χ2v) is 7.92. The third-order valence-corrected chi connectivity index (χ3v) is 5.32. The summed E-state index contributed by atoms with van der Waals surface area (Å²) < 4.78 is 2.50. The molecule has 2 aromatic heterocycles. The Bertz CT molecular complexity index is 1600. The Morgan fingerprint density at radius 1 is 0.941 bits per heavy atom. The third-order valence-electron chi connectivity index (χ3n) is 5.32. The van der Waals surface area contributed by atoms with E-state index in [4.69, 9.17) is 0 Å². The van der Waals surface area contributed by atoms with Crippen LogP contribution in [0, 0.1) is 0 Å². The first-order valence-corrected chi connectivity index (χ1v) is 10.6. The van der Waals surface area contributed by atoms with E-state index in [0.29, 0.717) is 21.7 Å². The normalized spacial score (nSPS) is 11.1. The van der Waals surface area contributed by atoms with Gasteiger partial charge < -0.3 is 0 Å². The predicted molar refractivity (Wildman–Crippen MR) is 125 cm³/mol. The summed E-state index contributed by atoms with van der Waals surface area (Å²) in [7, 11) is 0. The highest BCUT2D eigenvalue weighted by Gasteiger charge is 2.18. The predicted octanol–water partition coefficient (Wildman–Crippen LogP) is 0.832. The summed E-state index contributed by atoms with van der Waals surface area (Å²) in [4.78, 5) is 64.2. The van der Waals surface area contributed by atoms with Crippen LogP contribution in [0.15, 0.2) is 62.9 Å². The van der Waals surface area contributed by atoms with Crippen molar-refractivity contribution in [2.75, 3.05) is 0 Å². The van der Waals surface area contributed by atoms with Gasteiger partial charge in [-0.25, -0.2) is 9.48 Å². The lowest BCUT2D eigenvalue weighted by Gasteiger charge is -2.14. The molecule has 4 rings (SSSR count). The number of aryl methyl sites for hydroxylation is 1. The van der Waals surface area contributed by atoms with E-state index < -0.39 is 23.1 Å². The maximum Gasteiger partial charge on any atom is 0.328 e. The lowest BCUT2D eigenvalue weighted by atomic mass is 10.1. The average molecular weight is 462 g/mol. The fraction of sp³-hybridized carbons (Fsp3) is 0.217. The number of benzene rings is 2. The molecule has 11 heteroatoms. The Morgan fingerprint density at radius 2 is 1.59 bits per heavy atom. The fourth-order valence-corrected chi connectivity index (χ4v) is 3.65. The molecule has 0 fully saturated rings. The van der Waals surface area contributed by atoms with Crippen molar-refractivity contribution in [3.05, 3.63) is 85.4 Å². The summed E-state index contributed by atoms with van der Waals surface area (Å²) in [6.45, 7) is 3.53. The Balaban J connectivity index is 1.50. The largest absolute Gasteiger partial charge is 0.328 e. The van der Waals surface area contributed by atoms with Crippen LogP contribution in [0.25, 0.3) is 21.7 Å². The summed E-state index contributed by atoms with van der Waals surface area (Å²) in [5.74, 6) is -1.25. The van der Waals surface area contributed by atoms with Crippen LogP contribution < -0.4 is 27.7 Å². The number of nitrogens with one attached hydrogen (secondary N) is 3. The molecule has 0 bridgehead atoms. The molecule has 2 amide bonds. The fourth-order valence-electron chi connectivity index (χ4n) is 3.65. The Kier molecular flexibility index (Phi) is 6.09. The smallest absolute Gasteiger partial charge is 0.293 e. The number of nitrogens with zero attached hydrogens (tertiary/aromatic N) is 3. The highest BCUT2D eigenvalue weighted by atomic mass is 16.2. The second-order valence-electron chi connectivity index (χ2n) is 7.92. The molecule has 11 nitrogen and oxygen atoms in total. The van der Waals surface area contributed by atoms with E-state index in [0.717, 1.165) is 0 Å². The molecule has 0 saturated heterocycles. The summed E-state index contributed by atoms with van der Waals surface area (Å²) in [5.41, 5.74) is 3.56. The molecule has 3 N–H and O–H groups in total. The van der Waals surface area contributed by atoms with Crippen LogP contribution in [0.2, 0.25) is 0 Å². The topological polar surface area (TPSA) is 148 Å². The molecular formula is C23H22N6O5. The molecule has 0 aliphatic heterocycles. The molecule has 34 heavy (non-hydrogen) atoms. The first-order valence-electron chi connectivity index (χ1n) is 10.6. The van der Waals surface area contributed by atoms with Gasteiger partial charge in [-0.15, -0.1) is 0 Å². The zero-order valence-electron chi connectivity index (χ0n) is 18.5. The summed E-state index contributed by atoms with van der Waals surface area (Å²) in [6.07, 6.45) is -0.143. The van der Waals surface area contributed by atoms with E-state index in [1.54, 1.807) is 62.4 Å². The molecule has 0 unspecified atom stereocenters. The van der Waals surface area contributed by atoms with Gasteiger partial charge in [0.2, 0.25) is 5.91 Å². The van der Waals surface area contributed by atoms with Crippen LogP contribution in [-0.4, -0.2) is 31.1 Å². The van der Waals surface area contributed by atoms with Gasteiger partial charge in [0, 0.05) is 18.4 Å². The van der Waals surface area contributed by atoms with Crippen LogP contribution in [0.1, 0.15) is 36.8 Å². The lowest BCUT2D eigenvalue weighted by Crippen LogP contribution is -2.43. The number of rotatable bonds is 5. The molecular weight excluding hydrogens is 440 g/mol. The van der Waals surface area contributed by atoms with Crippen LogP contribution in [-0.2, 0) is 11.3 Å². The van der Waals surface area contributed by atoms with E-state index in [9.17, 15) is 24.0 Å². The standard InChI is InChI=1S/C23H22N6O5/c1-13(2)29-22(33)15-8-4-3-7-14(15)19(27-29)21(32)26-25-18(30)11-12-28-17-10-6-5-9-16(17)20(31)24-23(28)34/h3-10,13H,11-12H2,1-2H3,(H,25,30)(H,26,32)(H,24,31,34). The van der Waals surface area contributed by atoms with Crippen molar-refractivity contribution in [2.45, 2.75) is 32.9 Å². The second kappa shape index (κ2) is 9.14. The van der Waals surface area contributed by atoms with E-state index >= 15 is 0 Å². The van der Waals surface area contributed by atoms with Gasteiger partial charge in [-0.1, -0.05) is 30.3 Å². The van der Waals surface area contributed by atoms with Crippen LogP contribution >= 0.6 is 0 Å². The van der Waals surface area contributed by atoms with Crippen LogP contribution in [0.4, 0.5) is 0 Å². The molecule has 0 spiro atoms. The number of amides is 2. The van der Waals surface area contributed by atoms with Crippen LogP contribution in [0.3, 0.4) is 0 Å². The Hall–Kier alpha value is -4.54. The zero-order chi connectivity index (χ0) is 24.4. The highest BCUT2D eigenvalue weighted by molar-refractivity contribution is 6.05. The van der Waals surface area contributed by atoms with Gasteiger partial charge in [-0.2, -0.15) is 5.10 Å². The van der Waals surface area contributed by atoms with E-state index in [1.165, 1.54) is 9.25 Å². The summed E-state index contributed by atoms with van der Waals surface area (Å²) >= 11 is 0. The Labute approximate surface area is 192 Å². The Morgan fingerprint density at radius 3 is 2.29 bits per heavy atom. The highest BCUT2D eigenvalue weighted by Crippen LogP contribution is 2.14.